The average molecular weight is 522 g/mol. The Kier molecular flexibility index (Phi) is 9.41. The molecule has 12 nitrogen and oxygen atoms in total. The van der Waals surface area contributed by atoms with E-state index in [1.807, 2.05) is 18.2 Å². The van der Waals surface area contributed by atoms with Gasteiger partial charge in [-0.05, 0) is 30.2 Å². The molecule has 1 heterocycles. The number of ketones is 1. The van der Waals surface area contributed by atoms with Crippen LogP contribution in [0.2, 0.25) is 0 Å². The van der Waals surface area contributed by atoms with Crippen molar-refractivity contribution in [3.05, 3.63) is 70.8 Å². The molecule has 0 aliphatic carbocycles. The summed E-state index contributed by atoms with van der Waals surface area (Å²) in [5.74, 6) is -1.80. The van der Waals surface area contributed by atoms with Gasteiger partial charge in [-0.2, -0.15) is 0 Å². The maximum absolute atomic E-state index is 12.9. The monoisotopic (exact) mass is 521 g/mol. The Morgan fingerprint density at radius 1 is 1.16 bits per heavy atom. The van der Waals surface area contributed by atoms with E-state index in [0.29, 0.717) is 10.9 Å². The summed E-state index contributed by atoms with van der Waals surface area (Å²) in [7, 11) is 0. The van der Waals surface area contributed by atoms with Gasteiger partial charge in [0, 0.05) is 12.4 Å². The van der Waals surface area contributed by atoms with Gasteiger partial charge in [-0.25, -0.2) is 9.78 Å². The van der Waals surface area contributed by atoms with Crippen LogP contribution in [0, 0.1) is 5.41 Å². The maximum atomic E-state index is 12.9. The van der Waals surface area contributed by atoms with Crippen LogP contribution in [-0.4, -0.2) is 63.5 Å². The van der Waals surface area contributed by atoms with Crippen molar-refractivity contribution in [2.45, 2.75) is 26.3 Å². The topological polar surface area (TPSA) is 178 Å². The number of hydrogen-bond acceptors (Lipinski definition) is 9. The largest absolute Gasteiger partial charge is 0.469 e. The summed E-state index contributed by atoms with van der Waals surface area (Å²) < 4.78 is 6.34. The van der Waals surface area contributed by atoms with Gasteiger partial charge < -0.3 is 26.0 Å². The van der Waals surface area contributed by atoms with Crippen molar-refractivity contribution in [1.82, 2.24) is 14.9 Å². The molecule has 5 N–H and O–H groups in total. The van der Waals surface area contributed by atoms with E-state index >= 15 is 0 Å². The van der Waals surface area contributed by atoms with Crippen LogP contribution in [0.25, 0.3) is 10.8 Å². The van der Waals surface area contributed by atoms with Crippen LogP contribution < -0.4 is 16.2 Å². The molecule has 0 spiro atoms. The van der Waals surface area contributed by atoms with E-state index in [1.54, 1.807) is 31.2 Å². The van der Waals surface area contributed by atoms with Gasteiger partial charge in [0.1, 0.15) is 6.04 Å². The molecule has 0 saturated carbocycles. The Balaban J connectivity index is 1.59. The van der Waals surface area contributed by atoms with E-state index in [-0.39, 0.29) is 36.8 Å². The number of esters is 1. The minimum Gasteiger partial charge on any atom is -0.469 e. The molecule has 0 saturated heterocycles. The van der Waals surface area contributed by atoms with Crippen LogP contribution in [0.5, 0.6) is 0 Å². The Labute approximate surface area is 217 Å². The summed E-state index contributed by atoms with van der Waals surface area (Å²) in [5, 5.41) is 24.7. The molecule has 2 aromatic carbocycles. The normalized spacial score (nSPS) is 12.0. The van der Waals surface area contributed by atoms with Crippen molar-refractivity contribution in [1.29, 1.82) is 5.41 Å². The van der Waals surface area contributed by atoms with Crippen LogP contribution >= 0.6 is 0 Å². The highest BCUT2D eigenvalue weighted by Crippen LogP contribution is 2.19. The molecule has 0 aliphatic rings. The number of benzene rings is 2. The zero-order valence-corrected chi connectivity index (χ0v) is 21.0. The van der Waals surface area contributed by atoms with Crippen molar-refractivity contribution in [3.8, 4) is 0 Å². The maximum Gasteiger partial charge on any atom is 0.339 e. The van der Waals surface area contributed by atoms with E-state index < -0.39 is 35.9 Å². The number of aromatic nitrogens is 2. The predicted molar refractivity (Wildman–Crippen MR) is 143 cm³/mol. The Morgan fingerprint density at radius 3 is 2.61 bits per heavy atom. The van der Waals surface area contributed by atoms with Crippen molar-refractivity contribution in [3.63, 3.8) is 0 Å². The highest BCUT2D eigenvalue weighted by atomic mass is 16.5. The highest BCUT2D eigenvalue weighted by Gasteiger charge is 2.22. The lowest BCUT2D eigenvalue weighted by molar-refractivity contribution is -0.128. The molecule has 3 aromatic rings. The second kappa shape index (κ2) is 12.9. The Bertz CT molecular complexity index is 1440. The second-order valence-corrected chi connectivity index (χ2v) is 8.31. The number of rotatable bonds is 12. The number of nitrogens with one attached hydrogen (secondary N) is 3. The summed E-state index contributed by atoms with van der Waals surface area (Å²) >= 11 is 0. The number of fused-ring (bicyclic) bond motifs is 1. The molecule has 0 radical (unpaired) electrons. The highest BCUT2D eigenvalue weighted by molar-refractivity contribution is 6.41. The fourth-order valence-corrected chi connectivity index (χ4v) is 3.71. The summed E-state index contributed by atoms with van der Waals surface area (Å²) in [5.41, 5.74) is -0.0470. The number of hydrogen-bond donors (Lipinski definition) is 3. The van der Waals surface area contributed by atoms with Gasteiger partial charge in [0.2, 0.25) is 5.91 Å². The van der Waals surface area contributed by atoms with Gasteiger partial charge in [-0.1, -0.05) is 43.3 Å². The van der Waals surface area contributed by atoms with Crippen LogP contribution in [0.4, 0.5) is 5.82 Å². The molecule has 0 bridgehead atoms. The third kappa shape index (κ3) is 6.66. The van der Waals surface area contributed by atoms with Gasteiger partial charge in [-0.15, -0.1) is 0 Å². The standard InChI is InChI=1S/C26H28N6O6/c1-3-22(32-12-11-28-23(25(32)35)29-14-21(31-37)16(2)27)24(34)30-13-18(33)15-38-26(36)20-10-6-8-17-7-4-5-9-19(17)20/h4-12,22,27,37H,3,13-15H2,1-2H3,(H,28,29)(H,30,34)/p+1/b27-16?,31-21-/t22-/m0/s1. The van der Waals surface area contributed by atoms with E-state index in [4.69, 9.17) is 15.4 Å². The lowest BCUT2D eigenvalue weighted by atomic mass is 10.1. The smallest absolute Gasteiger partial charge is 0.339 e. The molecule has 0 aliphatic heterocycles. The zero-order chi connectivity index (χ0) is 27.7. The molecule has 1 atom stereocenters. The summed E-state index contributed by atoms with van der Waals surface area (Å²) in [6, 6.07) is 11.6. The van der Waals surface area contributed by atoms with E-state index in [2.05, 4.69) is 20.8 Å². The van der Waals surface area contributed by atoms with Gasteiger partial charge in [-0.3, -0.25) is 19.0 Å². The molecule has 0 unspecified atom stereocenters. The third-order valence-electron chi connectivity index (χ3n) is 5.72. The first kappa shape index (κ1) is 27.7. The number of ether oxygens (including phenoxy) is 1. The van der Waals surface area contributed by atoms with E-state index in [9.17, 15) is 19.2 Å². The molecule has 1 aromatic heterocycles. The molecular formula is C26H29N6O6+. The molecule has 3 rings (SSSR count). The van der Waals surface area contributed by atoms with Gasteiger partial charge >= 0.3 is 5.97 Å². The fourth-order valence-electron chi connectivity index (χ4n) is 3.71. The summed E-state index contributed by atoms with van der Waals surface area (Å²) in [6.45, 7) is 2.22. The second-order valence-electron chi connectivity index (χ2n) is 8.31. The molecule has 38 heavy (non-hydrogen) atoms. The molecular weight excluding hydrogens is 492 g/mol. The first-order chi connectivity index (χ1) is 18.3. The van der Waals surface area contributed by atoms with E-state index in [1.165, 1.54) is 23.9 Å². The fraction of sp³-hybridized carbons (Fsp3) is 0.269. The zero-order valence-electron chi connectivity index (χ0n) is 21.0. The lowest BCUT2D eigenvalue weighted by Gasteiger charge is -2.18. The molecule has 12 heteroatoms. The van der Waals surface area contributed by atoms with Crippen molar-refractivity contribution >= 4 is 45.7 Å². The predicted octanol–water partition coefficient (Wildman–Crippen LogP) is 1.42. The summed E-state index contributed by atoms with van der Waals surface area (Å²) in [6.07, 6.45) is 2.95. The first-order valence-electron chi connectivity index (χ1n) is 11.8. The number of Topliss-reactive ketones (excluding diaryl/α,β-unsaturated/α-hetero) is 1. The number of anilines is 1. The molecule has 1 amide bonds. The van der Waals surface area contributed by atoms with Crippen LogP contribution in [-0.2, 0) is 14.3 Å². The Hall–Kier alpha value is -4.87. The number of nitrogens with zero attached hydrogens (tertiary/aromatic N) is 3. The van der Waals surface area contributed by atoms with Crippen molar-refractivity contribution < 1.29 is 24.3 Å². The first-order valence-corrected chi connectivity index (χ1v) is 11.8. The SMILES string of the molecule is CC[C@@H](C(=O)NCC(=O)COC(=O)c1cccc2ccccc12)n1ccnc(NC/C(=N/[OH2+])C(C)=N)c1=O. The summed E-state index contributed by atoms with van der Waals surface area (Å²) in [4.78, 5) is 54.5. The van der Waals surface area contributed by atoms with Gasteiger partial charge in [0.15, 0.2) is 23.9 Å². The molecule has 198 valence electrons. The third-order valence-corrected chi connectivity index (χ3v) is 5.72. The van der Waals surface area contributed by atoms with E-state index in [0.717, 1.165) is 5.39 Å². The van der Waals surface area contributed by atoms with Crippen molar-refractivity contribution in [2.24, 2.45) is 5.16 Å². The van der Waals surface area contributed by atoms with Crippen LogP contribution in [0.15, 0.2) is 64.8 Å². The average Bonchev–Trinajstić information content (AvgIpc) is 2.92. The quantitative estimate of drug-likeness (QED) is 0.140. The lowest BCUT2D eigenvalue weighted by Crippen LogP contribution is -2.40. The number of carbonyl (C=O) groups excluding carboxylic acids is 3. The van der Waals surface area contributed by atoms with Crippen LogP contribution in [0.1, 0.15) is 36.7 Å². The van der Waals surface area contributed by atoms with Crippen molar-refractivity contribution in [2.75, 3.05) is 25.0 Å². The number of amides is 1. The minimum absolute atomic E-state index is 0.0555. The van der Waals surface area contributed by atoms with Gasteiger partial charge in [0.05, 0.1) is 29.5 Å². The number of carbonyl (C=O) groups is 3. The Morgan fingerprint density at radius 2 is 1.89 bits per heavy atom. The molecule has 0 fully saturated rings. The van der Waals surface area contributed by atoms with Crippen LogP contribution in [0.3, 0.4) is 0 Å². The minimum atomic E-state index is -0.925. The van der Waals surface area contributed by atoms with Gasteiger partial charge in [0.25, 0.3) is 5.56 Å².